The standard InChI is InChI=1S/C29H31N3O5S/c1-30(2)26-14-12-24(13-15-26)23-10-7-22(8-11-23)18-32(29(35)25-19-31(20-25)38(3,36)37)27-6-4-5-21(17-27)9-16-28(33)34/h4-17,25H,18-20H2,1-3H3,(H,33,34). The van der Waals surface area contributed by atoms with Gasteiger partial charge in [-0.25, -0.2) is 17.5 Å². The number of anilines is 2. The Hall–Kier alpha value is -3.95. The molecule has 4 rings (SSSR count). The van der Waals surface area contributed by atoms with Crippen molar-refractivity contribution in [2.45, 2.75) is 6.54 Å². The quantitative estimate of drug-likeness (QED) is 0.419. The summed E-state index contributed by atoms with van der Waals surface area (Å²) in [6.45, 7) is 0.587. The molecule has 198 valence electrons. The van der Waals surface area contributed by atoms with Crippen LogP contribution in [0.5, 0.6) is 0 Å². The molecule has 1 amide bonds. The zero-order valence-electron chi connectivity index (χ0n) is 21.6. The van der Waals surface area contributed by atoms with Crippen molar-refractivity contribution in [3.8, 4) is 11.1 Å². The summed E-state index contributed by atoms with van der Waals surface area (Å²) >= 11 is 0. The first-order valence-electron chi connectivity index (χ1n) is 12.2. The Labute approximate surface area is 223 Å². The van der Waals surface area contributed by atoms with E-state index in [4.69, 9.17) is 5.11 Å². The zero-order chi connectivity index (χ0) is 27.4. The van der Waals surface area contributed by atoms with E-state index in [2.05, 4.69) is 24.3 Å². The van der Waals surface area contributed by atoms with Crippen LogP contribution in [0.15, 0.2) is 78.9 Å². The van der Waals surface area contributed by atoms with E-state index in [1.165, 1.54) is 10.4 Å². The van der Waals surface area contributed by atoms with E-state index in [9.17, 15) is 18.0 Å². The number of carbonyl (C=O) groups excluding carboxylic acids is 1. The molecule has 1 fully saturated rings. The van der Waals surface area contributed by atoms with Crippen molar-refractivity contribution in [3.63, 3.8) is 0 Å². The third kappa shape index (κ3) is 6.48. The van der Waals surface area contributed by atoms with E-state index in [1.54, 1.807) is 29.2 Å². The number of aliphatic carboxylic acids is 1. The lowest BCUT2D eigenvalue weighted by Crippen LogP contribution is -2.56. The van der Waals surface area contributed by atoms with Gasteiger partial charge in [0.25, 0.3) is 0 Å². The van der Waals surface area contributed by atoms with Crippen LogP contribution in [0.1, 0.15) is 11.1 Å². The minimum atomic E-state index is -3.35. The molecule has 0 radical (unpaired) electrons. The van der Waals surface area contributed by atoms with Crippen LogP contribution in [-0.2, 0) is 26.2 Å². The van der Waals surface area contributed by atoms with Gasteiger partial charge in [0.2, 0.25) is 15.9 Å². The van der Waals surface area contributed by atoms with Gasteiger partial charge in [-0.3, -0.25) is 4.79 Å². The number of benzene rings is 3. The normalized spacial score (nSPS) is 14.3. The summed E-state index contributed by atoms with van der Waals surface area (Å²) in [4.78, 5) is 28.2. The highest BCUT2D eigenvalue weighted by Gasteiger charge is 2.40. The van der Waals surface area contributed by atoms with Gasteiger partial charge >= 0.3 is 5.97 Å². The predicted octanol–water partition coefficient (Wildman–Crippen LogP) is 3.94. The van der Waals surface area contributed by atoms with Gasteiger partial charge in [-0.1, -0.05) is 48.5 Å². The van der Waals surface area contributed by atoms with Gasteiger partial charge in [0, 0.05) is 44.6 Å². The predicted molar refractivity (Wildman–Crippen MR) is 150 cm³/mol. The van der Waals surface area contributed by atoms with Crippen molar-refractivity contribution in [2.75, 3.05) is 43.2 Å². The number of hydrogen-bond acceptors (Lipinski definition) is 5. The Morgan fingerprint density at radius 2 is 1.55 bits per heavy atom. The fourth-order valence-corrected chi connectivity index (χ4v) is 5.18. The second kappa shape index (κ2) is 11.2. The molecule has 0 aliphatic carbocycles. The molecule has 1 N–H and O–H groups in total. The molecule has 0 bridgehead atoms. The fourth-order valence-electron chi connectivity index (χ4n) is 4.28. The van der Waals surface area contributed by atoms with Crippen LogP contribution < -0.4 is 9.80 Å². The Kier molecular flexibility index (Phi) is 7.99. The molecule has 0 aromatic heterocycles. The number of rotatable bonds is 9. The maximum Gasteiger partial charge on any atom is 0.328 e. The lowest BCUT2D eigenvalue weighted by molar-refractivity contribution is -0.131. The van der Waals surface area contributed by atoms with E-state index in [-0.39, 0.29) is 19.0 Å². The molecule has 0 unspecified atom stereocenters. The second-order valence-electron chi connectivity index (χ2n) is 9.61. The summed E-state index contributed by atoms with van der Waals surface area (Å²) in [7, 11) is 0.647. The monoisotopic (exact) mass is 533 g/mol. The summed E-state index contributed by atoms with van der Waals surface area (Å²) in [6.07, 6.45) is 3.66. The first-order chi connectivity index (χ1) is 18.0. The van der Waals surface area contributed by atoms with E-state index in [0.29, 0.717) is 17.8 Å². The largest absolute Gasteiger partial charge is 0.478 e. The summed E-state index contributed by atoms with van der Waals surface area (Å²) < 4.78 is 24.9. The van der Waals surface area contributed by atoms with E-state index in [1.807, 2.05) is 43.3 Å². The van der Waals surface area contributed by atoms with Crippen molar-refractivity contribution < 1.29 is 23.1 Å². The van der Waals surface area contributed by atoms with Crippen LogP contribution >= 0.6 is 0 Å². The highest BCUT2D eigenvalue weighted by molar-refractivity contribution is 7.88. The molecule has 0 spiro atoms. The Morgan fingerprint density at radius 3 is 2.11 bits per heavy atom. The van der Waals surface area contributed by atoms with Crippen molar-refractivity contribution in [1.82, 2.24) is 4.31 Å². The van der Waals surface area contributed by atoms with Gasteiger partial charge in [-0.15, -0.1) is 0 Å². The molecule has 8 nitrogen and oxygen atoms in total. The highest BCUT2D eigenvalue weighted by Crippen LogP contribution is 2.28. The van der Waals surface area contributed by atoms with Gasteiger partial charge in [0.1, 0.15) is 0 Å². The minimum absolute atomic E-state index is 0.147. The molecule has 1 aliphatic rings. The molecular weight excluding hydrogens is 502 g/mol. The van der Waals surface area contributed by atoms with Gasteiger partial charge in [-0.05, 0) is 52.6 Å². The van der Waals surface area contributed by atoms with Crippen molar-refractivity contribution >= 4 is 39.4 Å². The van der Waals surface area contributed by atoms with Crippen LogP contribution in [0, 0.1) is 5.92 Å². The van der Waals surface area contributed by atoms with Gasteiger partial charge in [0.15, 0.2) is 0 Å². The van der Waals surface area contributed by atoms with Gasteiger partial charge in [-0.2, -0.15) is 0 Å². The summed E-state index contributed by atoms with van der Waals surface area (Å²) in [6, 6.07) is 23.3. The van der Waals surface area contributed by atoms with Gasteiger partial charge in [0.05, 0.1) is 18.7 Å². The van der Waals surface area contributed by atoms with Crippen molar-refractivity contribution in [1.29, 1.82) is 0 Å². The summed E-state index contributed by atoms with van der Waals surface area (Å²) in [5.74, 6) is -1.68. The third-order valence-electron chi connectivity index (χ3n) is 6.54. The maximum atomic E-state index is 13.5. The van der Waals surface area contributed by atoms with Crippen molar-refractivity contribution in [2.24, 2.45) is 5.92 Å². The maximum absolute atomic E-state index is 13.5. The zero-order valence-corrected chi connectivity index (χ0v) is 22.4. The molecule has 9 heteroatoms. The summed E-state index contributed by atoms with van der Waals surface area (Å²) in [5.41, 5.74) is 5.43. The molecule has 0 saturated carbocycles. The van der Waals surface area contributed by atoms with Crippen molar-refractivity contribution in [3.05, 3.63) is 90.0 Å². The summed E-state index contributed by atoms with van der Waals surface area (Å²) in [5, 5.41) is 8.97. The van der Waals surface area contributed by atoms with Crippen LogP contribution in [0.4, 0.5) is 11.4 Å². The van der Waals surface area contributed by atoms with Crippen LogP contribution in [-0.4, -0.2) is 63.1 Å². The topological polar surface area (TPSA) is 98.2 Å². The third-order valence-corrected chi connectivity index (χ3v) is 7.78. The molecule has 1 aliphatic heterocycles. The van der Waals surface area contributed by atoms with Crippen LogP contribution in [0.2, 0.25) is 0 Å². The minimum Gasteiger partial charge on any atom is -0.478 e. The SMILES string of the molecule is CN(C)c1ccc(-c2ccc(CN(C(=O)C3CN(S(C)(=O)=O)C3)c3cccc(C=CC(=O)O)c3)cc2)cc1. The molecular formula is C29H31N3O5S. The van der Waals surface area contributed by atoms with E-state index >= 15 is 0 Å². The van der Waals surface area contributed by atoms with E-state index in [0.717, 1.165) is 34.7 Å². The molecule has 3 aromatic carbocycles. The number of nitrogens with zero attached hydrogens (tertiary/aromatic N) is 3. The van der Waals surface area contributed by atoms with Gasteiger partial charge < -0.3 is 14.9 Å². The molecule has 38 heavy (non-hydrogen) atoms. The molecule has 1 heterocycles. The number of carbonyl (C=O) groups is 2. The Bertz CT molecular complexity index is 1440. The van der Waals surface area contributed by atoms with Crippen LogP contribution in [0.3, 0.4) is 0 Å². The molecule has 0 atom stereocenters. The lowest BCUT2D eigenvalue weighted by Gasteiger charge is -2.39. The second-order valence-corrected chi connectivity index (χ2v) is 11.6. The first-order valence-corrected chi connectivity index (χ1v) is 14.0. The number of sulfonamides is 1. The average molecular weight is 534 g/mol. The number of amides is 1. The number of carboxylic acid groups (broad SMARTS) is 1. The first kappa shape index (κ1) is 27.1. The highest BCUT2D eigenvalue weighted by atomic mass is 32.2. The lowest BCUT2D eigenvalue weighted by atomic mass is 9.99. The average Bonchev–Trinajstić information content (AvgIpc) is 2.85. The number of hydrogen-bond donors (Lipinski definition) is 1. The Morgan fingerprint density at radius 1 is 0.947 bits per heavy atom. The Balaban J connectivity index is 1.58. The smallest absolute Gasteiger partial charge is 0.328 e. The molecule has 1 saturated heterocycles. The molecule has 3 aromatic rings. The van der Waals surface area contributed by atoms with E-state index < -0.39 is 21.9 Å². The fraction of sp³-hybridized carbons (Fsp3) is 0.241. The van der Waals surface area contributed by atoms with Crippen LogP contribution in [0.25, 0.3) is 17.2 Å². The number of carboxylic acids is 1.